The molecule has 16 heavy (non-hydrogen) atoms. The van der Waals surface area contributed by atoms with Gasteiger partial charge in [0.15, 0.2) is 0 Å². The van der Waals surface area contributed by atoms with E-state index in [2.05, 4.69) is 24.5 Å². The van der Waals surface area contributed by atoms with Gasteiger partial charge < -0.3 is 15.7 Å². The Labute approximate surface area is 98.8 Å². The molecule has 4 nitrogen and oxygen atoms in total. The van der Waals surface area contributed by atoms with Gasteiger partial charge in [-0.05, 0) is 25.8 Å². The molecular formula is C12H26N2O2. The summed E-state index contributed by atoms with van der Waals surface area (Å²) >= 11 is 0. The molecule has 3 N–H and O–H groups in total. The van der Waals surface area contributed by atoms with Crippen LogP contribution < -0.4 is 10.6 Å². The summed E-state index contributed by atoms with van der Waals surface area (Å²) < 4.78 is 0. The molecule has 0 fully saturated rings. The molecule has 0 saturated carbocycles. The predicted octanol–water partition coefficient (Wildman–Crippen LogP) is 0.898. The summed E-state index contributed by atoms with van der Waals surface area (Å²) in [6.07, 6.45) is 0.754. The van der Waals surface area contributed by atoms with Gasteiger partial charge in [0.25, 0.3) is 0 Å². The number of aliphatic hydroxyl groups is 1. The van der Waals surface area contributed by atoms with Crippen molar-refractivity contribution in [1.29, 1.82) is 0 Å². The average molecular weight is 230 g/mol. The van der Waals surface area contributed by atoms with Crippen molar-refractivity contribution in [2.45, 2.75) is 52.7 Å². The third-order valence-electron chi connectivity index (χ3n) is 2.32. The molecule has 1 amide bonds. The van der Waals surface area contributed by atoms with E-state index in [4.69, 9.17) is 0 Å². The second-order valence-corrected chi connectivity index (χ2v) is 4.75. The van der Waals surface area contributed by atoms with Gasteiger partial charge in [-0.2, -0.15) is 0 Å². The fraction of sp³-hybridized carbons (Fsp3) is 0.917. The second kappa shape index (κ2) is 8.53. The zero-order valence-electron chi connectivity index (χ0n) is 10.9. The molecule has 0 aliphatic heterocycles. The van der Waals surface area contributed by atoms with E-state index < -0.39 is 6.10 Å². The van der Waals surface area contributed by atoms with E-state index in [9.17, 15) is 9.90 Å². The maximum atomic E-state index is 11.5. The zero-order chi connectivity index (χ0) is 12.6. The second-order valence-electron chi connectivity index (χ2n) is 4.75. The molecule has 0 saturated heterocycles. The molecule has 0 spiro atoms. The summed E-state index contributed by atoms with van der Waals surface area (Å²) in [5, 5.41) is 15.5. The SMILES string of the molecule is CCNC(C)CC(=O)NCC(O)CC(C)C. The quantitative estimate of drug-likeness (QED) is 0.580. The first kappa shape index (κ1) is 15.4. The van der Waals surface area contributed by atoms with Gasteiger partial charge >= 0.3 is 0 Å². The van der Waals surface area contributed by atoms with Crippen molar-refractivity contribution in [3.63, 3.8) is 0 Å². The lowest BCUT2D eigenvalue weighted by Gasteiger charge is -2.15. The van der Waals surface area contributed by atoms with Gasteiger partial charge in [0.2, 0.25) is 5.91 Å². The lowest BCUT2D eigenvalue weighted by Crippen LogP contribution is -2.37. The van der Waals surface area contributed by atoms with Crippen LogP contribution in [0.4, 0.5) is 0 Å². The van der Waals surface area contributed by atoms with E-state index in [1.54, 1.807) is 0 Å². The van der Waals surface area contributed by atoms with Gasteiger partial charge in [0.1, 0.15) is 0 Å². The lowest BCUT2D eigenvalue weighted by molar-refractivity contribution is -0.122. The molecule has 4 heteroatoms. The highest BCUT2D eigenvalue weighted by Gasteiger charge is 2.11. The topological polar surface area (TPSA) is 61.4 Å². The van der Waals surface area contributed by atoms with Crippen LogP contribution in [-0.2, 0) is 4.79 Å². The molecule has 0 aliphatic carbocycles. The Morgan fingerprint density at radius 3 is 2.44 bits per heavy atom. The van der Waals surface area contributed by atoms with Gasteiger partial charge in [-0.3, -0.25) is 4.79 Å². The van der Waals surface area contributed by atoms with Crippen LogP contribution in [0.3, 0.4) is 0 Å². The molecule has 0 aromatic carbocycles. The summed E-state index contributed by atoms with van der Waals surface area (Å²) in [6.45, 7) is 9.32. The summed E-state index contributed by atoms with van der Waals surface area (Å²) in [4.78, 5) is 11.5. The highest BCUT2D eigenvalue weighted by atomic mass is 16.3. The van der Waals surface area contributed by atoms with Gasteiger partial charge in [-0.25, -0.2) is 0 Å². The minimum absolute atomic E-state index is 0.00347. The fourth-order valence-corrected chi connectivity index (χ4v) is 1.63. The molecule has 0 heterocycles. The van der Waals surface area contributed by atoms with Gasteiger partial charge in [0, 0.05) is 19.0 Å². The highest BCUT2D eigenvalue weighted by Crippen LogP contribution is 2.03. The molecule has 0 aromatic rings. The Kier molecular flexibility index (Phi) is 8.21. The maximum Gasteiger partial charge on any atom is 0.221 e. The van der Waals surface area contributed by atoms with Crippen LogP contribution in [-0.4, -0.2) is 36.2 Å². The molecule has 0 aliphatic rings. The average Bonchev–Trinajstić information content (AvgIpc) is 2.14. The molecule has 2 unspecified atom stereocenters. The zero-order valence-corrected chi connectivity index (χ0v) is 10.9. The Morgan fingerprint density at radius 1 is 1.31 bits per heavy atom. The van der Waals surface area contributed by atoms with Crippen LogP contribution in [0.2, 0.25) is 0 Å². The van der Waals surface area contributed by atoms with Crippen LogP contribution in [0.5, 0.6) is 0 Å². The monoisotopic (exact) mass is 230 g/mol. The smallest absolute Gasteiger partial charge is 0.221 e. The van der Waals surface area contributed by atoms with Crippen LogP contribution in [0, 0.1) is 5.92 Å². The predicted molar refractivity (Wildman–Crippen MR) is 66.2 cm³/mol. The van der Waals surface area contributed by atoms with Crippen molar-refractivity contribution in [2.75, 3.05) is 13.1 Å². The number of aliphatic hydroxyl groups excluding tert-OH is 1. The largest absolute Gasteiger partial charge is 0.391 e. The summed E-state index contributed by atoms with van der Waals surface area (Å²) in [5.41, 5.74) is 0. The Balaban J connectivity index is 3.64. The minimum Gasteiger partial charge on any atom is -0.391 e. The first-order chi connectivity index (χ1) is 7.45. The van der Waals surface area contributed by atoms with Crippen molar-refractivity contribution in [2.24, 2.45) is 5.92 Å². The number of hydrogen-bond donors (Lipinski definition) is 3. The van der Waals surface area contributed by atoms with Crippen molar-refractivity contribution < 1.29 is 9.90 Å². The summed E-state index contributed by atoms with van der Waals surface area (Å²) in [5.74, 6) is 0.448. The van der Waals surface area contributed by atoms with E-state index in [-0.39, 0.29) is 11.9 Å². The standard InChI is InChI=1S/C12H26N2O2/c1-5-13-10(4)7-12(16)14-8-11(15)6-9(2)3/h9-11,13,15H,5-8H2,1-4H3,(H,14,16). The Bertz CT molecular complexity index is 195. The fourth-order valence-electron chi connectivity index (χ4n) is 1.63. The number of amides is 1. The maximum absolute atomic E-state index is 11.5. The molecular weight excluding hydrogens is 204 g/mol. The van der Waals surface area contributed by atoms with Crippen molar-refractivity contribution in [3.05, 3.63) is 0 Å². The number of nitrogens with one attached hydrogen (secondary N) is 2. The number of carbonyl (C=O) groups excluding carboxylic acids is 1. The van der Waals surface area contributed by atoms with E-state index in [0.29, 0.717) is 18.9 Å². The van der Waals surface area contributed by atoms with Gasteiger partial charge in [-0.15, -0.1) is 0 Å². The highest BCUT2D eigenvalue weighted by molar-refractivity contribution is 5.76. The molecule has 0 bridgehead atoms. The molecule has 0 aromatic heterocycles. The number of carbonyl (C=O) groups is 1. The molecule has 96 valence electrons. The molecule has 0 rings (SSSR count). The van der Waals surface area contributed by atoms with Crippen molar-refractivity contribution >= 4 is 5.91 Å². The van der Waals surface area contributed by atoms with E-state index in [1.807, 2.05) is 13.8 Å². The molecule has 0 radical (unpaired) electrons. The first-order valence-electron chi connectivity index (χ1n) is 6.13. The van der Waals surface area contributed by atoms with Crippen LogP contribution in [0.15, 0.2) is 0 Å². The first-order valence-corrected chi connectivity index (χ1v) is 6.13. The molecule has 2 atom stereocenters. The van der Waals surface area contributed by atoms with E-state index in [1.165, 1.54) is 0 Å². The summed E-state index contributed by atoms with van der Waals surface area (Å²) in [7, 11) is 0. The van der Waals surface area contributed by atoms with Gasteiger partial charge in [-0.1, -0.05) is 20.8 Å². The van der Waals surface area contributed by atoms with Crippen molar-refractivity contribution in [1.82, 2.24) is 10.6 Å². The normalized spacial score (nSPS) is 14.9. The third-order valence-corrected chi connectivity index (χ3v) is 2.32. The van der Waals surface area contributed by atoms with Crippen molar-refractivity contribution in [3.8, 4) is 0 Å². The minimum atomic E-state index is -0.432. The van der Waals surface area contributed by atoms with E-state index in [0.717, 1.165) is 13.0 Å². The number of rotatable bonds is 8. The van der Waals surface area contributed by atoms with Crippen LogP contribution >= 0.6 is 0 Å². The van der Waals surface area contributed by atoms with E-state index >= 15 is 0 Å². The summed E-state index contributed by atoms with van der Waals surface area (Å²) in [6, 6.07) is 0.187. The Morgan fingerprint density at radius 2 is 1.94 bits per heavy atom. The Hall–Kier alpha value is -0.610. The van der Waals surface area contributed by atoms with Crippen LogP contribution in [0.25, 0.3) is 0 Å². The lowest BCUT2D eigenvalue weighted by atomic mass is 10.1. The third kappa shape index (κ3) is 8.68. The number of hydrogen-bond acceptors (Lipinski definition) is 3. The van der Waals surface area contributed by atoms with Gasteiger partial charge in [0.05, 0.1) is 6.10 Å². The van der Waals surface area contributed by atoms with Crippen LogP contribution in [0.1, 0.15) is 40.5 Å².